The van der Waals surface area contributed by atoms with Crippen molar-refractivity contribution in [3.05, 3.63) is 57.0 Å². The quantitative estimate of drug-likeness (QED) is 0.822. The Balaban J connectivity index is 2.20. The molecule has 0 aliphatic carbocycles. The van der Waals surface area contributed by atoms with E-state index in [1.54, 1.807) is 17.8 Å². The molecule has 0 bridgehead atoms. The third-order valence-corrected chi connectivity index (χ3v) is 4.78. The van der Waals surface area contributed by atoms with Crippen LogP contribution in [0.1, 0.15) is 5.56 Å². The fourth-order valence-corrected chi connectivity index (χ4v) is 3.16. The third kappa shape index (κ3) is 4.04. The normalized spacial score (nSPS) is 10.7. The van der Waals surface area contributed by atoms with Crippen molar-refractivity contribution < 1.29 is 0 Å². The number of benzene rings is 2. The molecular formula is C14H12Cl3NS. The highest BCUT2D eigenvalue weighted by Gasteiger charge is 2.06. The van der Waals surface area contributed by atoms with Crippen LogP contribution < -0.4 is 5.73 Å². The first-order chi connectivity index (χ1) is 9.10. The van der Waals surface area contributed by atoms with Crippen LogP contribution in [0.3, 0.4) is 0 Å². The second-order valence-corrected chi connectivity index (χ2v) is 6.32. The molecule has 0 radical (unpaired) electrons. The van der Waals surface area contributed by atoms with Crippen LogP contribution in [0.15, 0.2) is 46.2 Å². The molecule has 100 valence electrons. The van der Waals surface area contributed by atoms with E-state index in [1.807, 2.05) is 30.3 Å². The molecule has 0 aliphatic heterocycles. The summed E-state index contributed by atoms with van der Waals surface area (Å²) in [5.74, 6) is 0. The smallest absolute Gasteiger partial charge is 0.0603 e. The van der Waals surface area contributed by atoms with E-state index in [1.165, 1.54) is 0 Å². The second-order valence-electron chi connectivity index (χ2n) is 3.98. The molecule has 2 aromatic carbocycles. The Labute approximate surface area is 132 Å². The summed E-state index contributed by atoms with van der Waals surface area (Å²) in [7, 11) is 0. The molecule has 0 fully saturated rings. The Morgan fingerprint density at radius 2 is 1.68 bits per heavy atom. The molecule has 0 unspecified atom stereocenters. The van der Waals surface area contributed by atoms with Crippen LogP contribution in [0.4, 0.5) is 0 Å². The molecule has 5 heteroatoms. The summed E-state index contributed by atoms with van der Waals surface area (Å²) in [6.07, 6.45) is 0.831. The van der Waals surface area contributed by atoms with E-state index in [4.69, 9.17) is 40.5 Å². The third-order valence-electron chi connectivity index (χ3n) is 2.55. The highest BCUT2D eigenvalue weighted by molar-refractivity contribution is 7.99. The van der Waals surface area contributed by atoms with Crippen molar-refractivity contribution >= 4 is 46.6 Å². The maximum absolute atomic E-state index is 6.27. The lowest BCUT2D eigenvalue weighted by molar-refractivity contribution is 0.966. The minimum Gasteiger partial charge on any atom is -0.330 e. The van der Waals surface area contributed by atoms with E-state index < -0.39 is 0 Å². The van der Waals surface area contributed by atoms with Gasteiger partial charge in [0.2, 0.25) is 0 Å². The van der Waals surface area contributed by atoms with E-state index in [2.05, 4.69) is 0 Å². The first kappa shape index (κ1) is 15.0. The molecule has 2 N–H and O–H groups in total. The Kier molecular flexibility index (Phi) is 5.43. The minimum atomic E-state index is 0.544. The fourth-order valence-electron chi connectivity index (χ4n) is 1.62. The van der Waals surface area contributed by atoms with E-state index in [-0.39, 0.29) is 0 Å². The summed E-state index contributed by atoms with van der Waals surface area (Å²) >= 11 is 19.7. The molecule has 0 heterocycles. The molecule has 0 saturated carbocycles. The van der Waals surface area contributed by atoms with Gasteiger partial charge in [0.1, 0.15) is 0 Å². The average Bonchev–Trinajstić information content (AvgIpc) is 2.37. The van der Waals surface area contributed by atoms with Crippen molar-refractivity contribution in [1.29, 1.82) is 0 Å². The number of rotatable bonds is 4. The van der Waals surface area contributed by atoms with E-state index in [0.717, 1.165) is 26.8 Å². The lowest BCUT2D eigenvalue weighted by Crippen LogP contribution is -2.02. The minimum absolute atomic E-state index is 0.544. The van der Waals surface area contributed by atoms with Crippen molar-refractivity contribution in [2.24, 2.45) is 5.73 Å². The topological polar surface area (TPSA) is 26.0 Å². The monoisotopic (exact) mass is 331 g/mol. The van der Waals surface area contributed by atoms with E-state index >= 15 is 0 Å². The van der Waals surface area contributed by atoms with Gasteiger partial charge in [-0.15, -0.1) is 0 Å². The Morgan fingerprint density at radius 3 is 2.32 bits per heavy atom. The van der Waals surface area contributed by atoms with Gasteiger partial charge in [0, 0.05) is 9.79 Å². The zero-order valence-electron chi connectivity index (χ0n) is 10.00. The van der Waals surface area contributed by atoms with Crippen LogP contribution in [0.5, 0.6) is 0 Å². The summed E-state index contributed by atoms with van der Waals surface area (Å²) in [5.41, 5.74) is 6.67. The summed E-state index contributed by atoms with van der Waals surface area (Å²) < 4.78 is 0. The molecule has 0 saturated heterocycles. The van der Waals surface area contributed by atoms with Crippen molar-refractivity contribution in [2.45, 2.75) is 16.2 Å². The molecule has 0 atom stereocenters. The molecular weight excluding hydrogens is 321 g/mol. The molecule has 2 rings (SSSR count). The predicted molar refractivity (Wildman–Crippen MR) is 84.8 cm³/mol. The van der Waals surface area contributed by atoms with Crippen molar-refractivity contribution in [3.63, 3.8) is 0 Å². The average molecular weight is 333 g/mol. The zero-order chi connectivity index (χ0) is 13.8. The van der Waals surface area contributed by atoms with E-state index in [9.17, 15) is 0 Å². The Hall–Kier alpha value is -0.380. The van der Waals surface area contributed by atoms with Crippen LogP contribution in [0.2, 0.25) is 15.1 Å². The second kappa shape index (κ2) is 6.87. The van der Waals surface area contributed by atoms with Crippen LogP contribution in [-0.2, 0) is 6.42 Å². The largest absolute Gasteiger partial charge is 0.330 e. The maximum Gasteiger partial charge on any atom is 0.0603 e. The number of hydrogen-bond acceptors (Lipinski definition) is 2. The van der Waals surface area contributed by atoms with E-state index in [0.29, 0.717) is 16.6 Å². The molecule has 0 spiro atoms. The Morgan fingerprint density at radius 1 is 0.895 bits per heavy atom. The summed E-state index contributed by atoms with van der Waals surface area (Å²) in [6, 6.07) is 11.5. The van der Waals surface area contributed by atoms with Crippen LogP contribution in [0, 0.1) is 0 Å². The number of halogens is 3. The standard InChI is InChI=1S/C14H12Cl3NS/c15-11-3-2-10(8-12(11)16)19-14-4-1-9(5-6-18)7-13(14)17/h1-4,7-8H,5-6,18H2. The molecule has 0 aromatic heterocycles. The highest BCUT2D eigenvalue weighted by Crippen LogP contribution is 2.36. The van der Waals surface area contributed by atoms with Gasteiger partial charge in [-0.2, -0.15) is 0 Å². The van der Waals surface area contributed by atoms with Gasteiger partial charge in [0.05, 0.1) is 15.1 Å². The van der Waals surface area contributed by atoms with Gasteiger partial charge in [0.25, 0.3) is 0 Å². The van der Waals surface area contributed by atoms with Crippen molar-refractivity contribution in [2.75, 3.05) is 6.54 Å². The molecule has 0 aliphatic rings. The van der Waals surface area contributed by atoms with Gasteiger partial charge in [-0.05, 0) is 48.9 Å². The summed E-state index contributed by atoms with van der Waals surface area (Å²) in [6.45, 7) is 0.621. The lowest BCUT2D eigenvalue weighted by atomic mass is 10.1. The highest BCUT2D eigenvalue weighted by atomic mass is 35.5. The van der Waals surface area contributed by atoms with Gasteiger partial charge >= 0.3 is 0 Å². The predicted octanol–water partition coefficient (Wildman–Crippen LogP) is 5.30. The molecule has 0 amide bonds. The zero-order valence-corrected chi connectivity index (χ0v) is 13.1. The van der Waals surface area contributed by atoms with Crippen LogP contribution in [-0.4, -0.2) is 6.54 Å². The van der Waals surface area contributed by atoms with Gasteiger partial charge < -0.3 is 5.73 Å². The summed E-state index contributed by atoms with van der Waals surface area (Å²) in [5, 5.41) is 1.82. The van der Waals surface area contributed by atoms with Crippen LogP contribution >= 0.6 is 46.6 Å². The molecule has 2 aromatic rings. The maximum atomic E-state index is 6.27. The van der Waals surface area contributed by atoms with Gasteiger partial charge in [-0.1, -0.05) is 52.6 Å². The molecule has 1 nitrogen and oxygen atoms in total. The lowest BCUT2D eigenvalue weighted by Gasteiger charge is -2.07. The number of hydrogen-bond donors (Lipinski definition) is 1. The Bertz CT molecular complexity index is 587. The fraction of sp³-hybridized carbons (Fsp3) is 0.143. The SMILES string of the molecule is NCCc1ccc(Sc2ccc(Cl)c(Cl)c2)c(Cl)c1. The summed E-state index contributed by atoms with van der Waals surface area (Å²) in [4.78, 5) is 1.99. The van der Waals surface area contributed by atoms with Crippen molar-refractivity contribution in [3.8, 4) is 0 Å². The van der Waals surface area contributed by atoms with Gasteiger partial charge in [-0.25, -0.2) is 0 Å². The number of nitrogens with two attached hydrogens (primary N) is 1. The molecule has 19 heavy (non-hydrogen) atoms. The van der Waals surface area contributed by atoms with Crippen LogP contribution in [0.25, 0.3) is 0 Å². The van der Waals surface area contributed by atoms with Gasteiger partial charge in [0.15, 0.2) is 0 Å². The van der Waals surface area contributed by atoms with Gasteiger partial charge in [-0.3, -0.25) is 0 Å². The first-order valence-corrected chi connectivity index (χ1v) is 7.66. The first-order valence-electron chi connectivity index (χ1n) is 5.71. The van der Waals surface area contributed by atoms with Crippen molar-refractivity contribution in [1.82, 2.24) is 0 Å².